The monoisotopic (exact) mass is 313 g/mol. The maximum Gasteiger partial charge on any atom is 0.222 e. The molecule has 2 aromatic rings. The molecule has 1 amide bonds. The molecule has 2 aromatic carbocycles. The number of amides is 1. The van der Waals surface area contributed by atoms with Crippen LogP contribution in [0.4, 0.5) is 4.39 Å². The Morgan fingerprint density at radius 1 is 0.957 bits per heavy atom. The lowest BCUT2D eigenvalue weighted by Crippen LogP contribution is -2.26. The minimum Gasteiger partial charge on any atom is -0.341 e. The van der Waals surface area contributed by atoms with Gasteiger partial charge in [-0.25, -0.2) is 4.39 Å². The highest BCUT2D eigenvalue weighted by atomic mass is 19.1. The van der Waals surface area contributed by atoms with Gasteiger partial charge in [-0.1, -0.05) is 30.3 Å². The van der Waals surface area contributed by atoms with Crippen molar-refractivity contribution in [3.8, 4) is 0 Å². The minimum absolute atomic E-state index is 0.0146. The Morgan fingerprint density at radius 2 is 1.61 bits per heavy atom. The summed E-state index contributed by atoms with van der Waals surface area (Å²) in [6, 6.07) is 15.3. The van der Waals surface area contributed by atoms with Crippen molar-refractivity contribution in [1.29, 1.82) is 0 Å². The summed E-state index contributed by atoms with van der Waals surface area (Å²) in [5, 5.41) is 0. The lowest BCUT2D eigenvalue weighted by Gasteiger charge is -2.17. The molecule has 4 heteroatoms. The van der Waals surface area contributed by atoms with Crippen LogP contribution < -0.4 is 0 Å². The molecule has 0 heterocycles. The fraction of sp³-hybridized carbons (Fsp3) is 0.263. The molecule has 0 unspecified atom stereocenters. The zero-order valence-electron chi connectivity index (χ0n) is 13.2. The van der Waals surface area contributed by atoms with Crippen LogP contribution in [0.25, 0.3) is 0 Å². The number of ketones is 1. The molecule has 23 heavy (non-hydrogen) atoms. The zero-order chi connectivity index (χ0) is 16.7. The molecule has 2 rings (SSSR count). The molecular formula is C19H20FNO2. The van der Waals surface area contributed by atoms with E-state index in [4.69, 9.17) is 0 Å². The Hall–Kier alpha value is -2.49. The molecule has 3 nitrogen and oxygen atoms in total. The normalized spacial score (nSPS) is 10.3. The molecule has 120 valence electrons. The summed E-state index contributed by atoms with van der Waals surface area (Å²) in [6.45, 7) is 0.561. The van der Waals surface area contributed by atoms with E-state index < -0.39 is 0 Å². The number of hydrogen-bond acceptors (Lipinski definition) is 2. The molecule has 0 saturated carbocycles. The van der Waals surface area contributed by atoms with Crippen LogP contribution >= 0.6 is 0 Å². The minimum atomic E-state index is -0.362. The lowest BCUT2D eigenvalue weighted by molar-refractivity contribution is -0.130. The fourth-order valence-electron chi connectivity index (χ4n) is 2.32. The highest BCUT2D eigenvalue weighted by Gasteiger charge is 2.11. The second-order valence-corrected chi connectivity index (χ2v) is 5.52. The van der Waals surface area contributed by atoms with Crippen molar-refractivity contribution in [2.45, 2.75) is 25.8 Å². The maximum absolute atomic E-state index is 12.8. The third-order valence-corrected chi connectivity index (χ3v) is 3.65. The van der Waals surface area contributed by atoms with Crippen molar-refractivity contribution < 1.29 is 14.0 Å². The first-order valence-corrected chi connectivity index (χ1v) is 7.63. The van der Waals surface area contributed by atoms with Crippen LogP contribution in [0, 0.1) is 5.82 Å². The van der Waals surface area contributed by atoms with Crippen molar-refractivity contribution >= 4 is 11.7 Å². The number of hydrogen-bond donors (Lipinski definition) is 0. The van der Waals surface area contributed by atoms with Crippen LogP contribution in [0.3, 0.4) is 0 Å². The van der Waals surface area contributed by atoms with Gasteiger partial charge in [0.2, 0.25) is 5.91 Å². The van der Waals surface area contributed by atoms with Gasteiger partial charge >= 0.3 is 0 Å². The molecule has 0 N–H and O–H groups in total. The zero-order valence-corrected chi connectivity index (χ0v) is 13.2. The van der Waals surface area contributed by atoms with Gasteiger partial charge in [0, 0.05) is 32.0 Å². The molecule has 0 aromatic heterocycles. The highest BCUT2D eigenvalue weighted by Crippen LogP contribution is 2.10. The first-order chi connectivity index (χ1) is 11.1. The third kappa shape index (κ3) is 5.33. The van der Waals surface area contributed by atoms with Crippen molar-refractivity contribution in [1.82, 2.24) is 4.90 Å². The molecule has 0 aliphatic rings. The van der Waals surface area contributed by atoms with Crippen LogP contribution in [0.1, 0.15) is 35.2 Å². The van der Waals surface area contributed by atoms with Crippen molar-refractivity contribution in [3.05, 3.63) is 71.5 Å². The van der Waals surface area contributed by atoms with E-state index in [1.807, 2.05) is 30.3 Å². The smallest absolute Gasteiger partial charge is 0.222 e. The summed E-state index contributed by atoms with van der Waals surface area (Å²) in [6.07, 6.45) is 1.11. The van der Waals surface area contributed by atoms with Crippen LogP contribution in [0.15, 0.2) is 54.6 Å². The first-order valence-electron chi connectivity index (χ1n) is 7.63. The summed E-state index contributed by atoms with van der Waals surface area (Å²) < 4.78 is 12.8. The first kappa shape index (κ1) is 16.9. The molecule has 0 aliphatic carbocycles. The summed E-state index contributed by atoms with van der Waals surface area (Å²) in [5.41, 5.74) is 1.56. The summed E-state index contributed by atoms with van der Waals surface area (Å²) in [7, 11) is 1.76. The average molecular weight is 313 g/mol. The van der Waals surface area contributed by atoms with Gasteiger partial charge < -0.3 is 4.90 Å². The van der Waals surface area contributed by atoms with Crippen molar-refractivity contribution in [2.24, 2.45) is 0 Å². The number of benzene rings is 2. The van der Waals surface area contributed by atoms with Crippen LogP contribution in [0.2, 0.25) is 0 Å². The molecule has 0 radical (unpaired) electrons. The van der Waals surface area contributed by atoms with Crippen molar-refractivity contribution in [2.75, 3.05) is 7.05 Å². The largest absolute Gasteiger partial charge is 0.341 e. The van der Waals surface area contributed by atoms with Gasteiger partial charge in [0.1, 0.15) is 5.82 Å². The number of carbonyl (C=O) groups is 2. The number of Topliss-reactive ketones (excluding diaryl/α,β-unsaturated/α-hetero) is 1. The summed E-state index contributed by atoms with van der Waals surface area (Å²) in [5.74, 6) is -0.413. The molecule has 0 spiro atoms. The Balaban J connectivity index is 1.75. The van der Waals surface area contributed by atoms with Crippen molar-refractivity contribution in [3.63, 3.8) is 0 Å². The van der Waals surface area contributed by atoms with Crippen LogP contribution in [-0.2, 0) is 11.3 Å². The Morgan fingerprint density at radius 3 is 2.26 bits per heavy atom. The second-order valence-electron chi connectivity index (χ2n) is 5.52. The van der Waals surface area contributed by atoms with Gasteiger partial charge in [-0.05, 0) is 36.2 Å². The molecular weight excluding hydrogens is 293 g/mol. The van der Waals surface area contributed by atoms with Gasteiger partial charge in [-0.15, -0.1) is 0 Å². The van der Waals surface area contributed by atoms with E-state index in [0.717, 1.165) is 5.56 Å². The van der Waals surface area contributed by atoms with Gasteiger partial charge in [0.05, 0.1) is 0 Å². The van der Waals surface area contributed by atoms with E-state index in [-0.39, 0.29) is 23.9 Å². The number of rotatable bonds is 7. The average Bonchev–Trinajstić information content (AvgIpc) is 2.56. The third-order valence-electron chi connectivity index (χ3n) is 3.65. The van der Waals surface area contributed by atoms with Gasteiger partial charge in [0.25, 0.3) is 0 Å². The van der Waals surface area contributed by atoms with Gasteiger partial charge in [-0.2, -0.15) is 0 Å². The molecule has 0 atom stereocenters. The van der Waals surface area contributed by atoms with Gasteiger partial charge in [0.15, 0.2) is 5.78 Å². The number of halogens is 1. The highest BCUT2D eigenvalue weighted by molar-refractivity contribution is 5.96. The molecule has 0 aliphatic heterocycles. The molecule has 0 bridgehead atoms. The predicted octanol–water partition coefficient (Wildman–Crippen LogP) is 3.84. The van der Waals surface area contributed by atoms with E-state index in [9.17, 15) is 14.0 Å². The predicted molar refractivity (Wildman–Crippen MR) is 87.5 cm³/mol. The Labute approximate surface area is 135 Å². The van der Waals surface area contributed by atoms with E-state index in [2.05, 4.69) is 0 Å². The fourth-order valence-corrected chi connectivity index (χ4v) is 2.32. The topological polar surface area (TPSA) is 37.4 Å². The van der Waals surface area contributed by atoms with E-state index in [1.165, 1.54) is 24.3 Å². The van der Waals surface area contributed by atoms with Gasteiger partial charge in [-0.3, -0.25) is 9.59 Å². The van der Waals surface area contributed by atoms with Crippen LogP contribution in [0.5, 0.6) is 0 Å². The molecule has 0 fully saturated rings. The quantitative estimate of drug-likeness (QED) is 0.728. The van der Waals surface area contributed by atoms with E-state index in [1.54, 1.807) is 11.9 Å². The number of carbonyl (C=O) groups excluding carboxylic acids is 2. The SMILES string of the molecule is CN(Cc1ccccc1)C(=O)CCCC(=O)c1ccc(F)cc1. The lowest BCUT2D eigenvalue weighted by atomic mass is 10.1. The Kier molecular flexibility index (Phi) is 6.03. The summed E-state index contributed by atoms with van der Waals surface area (Å²) >= 11 is 0. The standard InChI is InChI=1S/C19H20FNO2/c1-21(14-15-6-3-2-4-7-15)19(23)9-5-8-18(22)16-10-12-17(20)13-11-16/h2-4,6-7,10-13H,5,8-9,14H2,1H3. The molecule has 0 saturated heterocycles. The summed E-state index contributed by atoms with van der Waals surface area (Å²) in [4.78, 5) is 25.7. The Bertz CT molecular complexity index is 653. The van der Waals surface area contributed by atoms with E-state index >= 15 is 0 Å². The second kappa shape index (κ2) is 8.22. The number of nitrogens with zero attached hydrogens (tertiary/aromatic N) is 1. The van der Waals surface area contributed by atoms with Crippen LogP contribution in [-0.4, -0.2) is 23.6 Å². The maximum atomic E-state index is 12.8. The van der Waals surface area contributed by atoms with E-state index in [0.29, 0.717) is 24.9 Å².